The Labute approximate surface area is 107 Å². The number of fused-ring (bicyclic) bond motifs is 1. The average molecular weight is 251 g/mol. The second kappa shape index (κ2) is 5.06. The van der Waals surface area contributed by atoms with Gasteiger partial charge < -0.3 is 15.2 Å². The Bertz CT molecular complexity index is 440. The van der Waals surface area contributed by atoms with E-state index in [4.69, 9.17) is 5.73 Å². The molecule has 1 unspecified atom stereocenters. The molecule has 0 fully saturated rings. The van der Waals surface area contributed by atoms with E-state index < -0.39 is 6.04 Å². The molecule has 18 heavy (non-hydrogen) atoms. The number of rotatable bonds is 4. The van der Waals surface area contributed by atoms with Crippen molar-refractivity contribution >= 4 is 5.91 Å². The average Bonchev–Trinajstić information content (AvgIpc) is 2.91. The van der Waals surface area contributed by atoms with Gasteiger partial charge in [-0.15, -0.1) is 10.2 Å². The van der Waals surface area contributed by atoms with Crippen molar-refractivity contribution in [2.45, 2.75) is 45.8 Å². The van der Waals surface area contributed by atoms with Gasteiger partial charge in [0, 0.05) is 20.0 Å². The number of aromatic nitrogens is 3. The van der Waals surface area contributed by atoms with E-state index in [0.717, 1.165) is 31.0 Å². The molecule has 2 rings (SSSR count). The van der Waals surface area contributed by atoms with Crippen LogP contribution in [-0.2, 0) is 24.3 Å². The number of likely N-dealkylation sites (N-methyl/N-ethyl adjacent to an activating group) is 1. The maximum atomic E-state index is 12.1. The third kappa shape index (κ3) is 2.38. The molecule has 0 aromatic carbocycles. The van der Waals surface area contributed by atoms with Crippen LogP contribution in [0.5, 0.6) is 0 Å². The molecule has 1 aromatic rings. The molecular formula is C12H21N5O. The highest BCUT2D eigenvalue weighted by Crippen LogP contribution is 2.15. The fourth-order valence-electron chi connectivity index (χ4n) is 2.16. The zero-order valence-corrected chi connectivity index (χ0v) is 11.3. The van der Waals surface area contributed by atoms with Crippen LogP contribution in [0.15, 0.2) is 0 Å². The van der Waals surface area contributed by atoms with Gasteiger partial charge in [0.1, 0.15) is 5.82 Å². The predicted molar refractivity (Wildman–Crippen MR) is 67.6 cm³/mol. The molecule has 1 aromatic heterocycles. The van der Waals surface area contributed by atoms with Crippen LogP contribution in [0.2, 0.25) is 0 Å². The summed E-state index contributed by atoms with van der Waals surface area (Å²) in [5, 5.41) is 8.28. The number of carbonyl (C=O) groups is 1. The van der Waals surface area contributed by atoms with E-state index in [2.05, 4.69) is 14.8 Å². The smallest absolute Gasteiger partial charge is 0.239 e. The molecule has 0 saturated heterocycles. The lowest BCUT2D eigenvalue weighted by Gasteiger charge is -2.23. The fourth-order valence-corrected chi connectivity index (χ4v) is 2.16. The number of hydrogen-bond donors (Lipinski definition) is 1. The minimum Gasteiger partial charge on any atom is -0.337 e. The Balaban J connectivity index is 2.03. The van der Waals surface area contributed by atoms with Gasteiger partial charge in [-0.2, -0.15) is 0 Å². The van der Waals surface area contributed by atoms with E-state index in [-0.39, 0.29) is 11.8 Å². The molecule has 2 heterocycles. The van der Waals surface area contributed by atoms with Crippen LogP contribution in [0, 0.1) is 5.92 Å². The summed E-state index contributed by atoms with van der Waals surface area (Å²) < 4.78 is 2.10. The van der Waals surface area contributed by atoms with Gasteiger partial charge in [0.15, 0.2) is 5.82 Å². The van der Waals surface area contributed by atoms with Crippen molar-refractivity contribution in [2.24, 2.45) is 11.7 Å². The lowest BCUT2D eigenvalue weighted by atomic mass is 10.0. The molecule has 0 aliphatic carbocycles. The monoisotopic (exact) mass is 251 g/mol. The van der Waals surface area contributed by atoms with Crippen LogP contribution in [0.4, 0.5) is 0 Å². The van der Waals surface area contributed by atoms with E-state index in [9.17, 15) is 4.79 Å². The summed E-state index contributed by atoms with van der Waals surface area (Å²) in [7, 11) is 1.77. The van der Waals surface area contributed by atoms with Crippen LogP contribution < -0.4 is 5.73 Å². The fraction of sp³-hybridized carbons (Fsp3) is 0.750. The van der Waals surface area contributed by atoms with E-state index in [1.54, 1.807) is 11.9 Å². The Morgan fingerprint density at radius 2 is 2.22 bits per heavy atom. The maximum Gasteiger partial charge on any atom is 0.239 e. The predicted octanol–water partition coefficient (Wildman–Crippen LogP) is 0.166. The van der Waals surface area contributed by atoms with Gasteiger partial charge in [-0.3, -0.25) is 4.79 Å². The summed E-state index contributed by atoms with van der Waals surface area (Å²) in [6.45, 7) is 5.33. The molecule has 0 bridgehead atoms. The second-order valence-electron chi connectivity index (χ2n) is 5.25. The number of hydrogen-bond acceptors (Lipinski definition) is 4. The summed E-state index contributed by atoms with van der Waals surface area (Å²) in [4.78, 5) is 13.7. The first kappa shape index (κ1) is 13.0. The Morgan fingerprint density at radius 3 is 2.89 bits per heavy atom. The van der Waals surface area contributed by atoms with Gasteiger partial charge in [0.2, 0.25) is 5.91 Å². The molecule has 0 radical (unpaired) electrons. The molecule has 0 spiro atoms. The first-order valence-corrected chi connectivity index (χ1v) is 6.42. The largest absolute Gasteiger partial charge is 0.337 e. The highest BCUT2D eigenvalue weighted by atomic mass is 16.2. The number of nitrogens with zero attached hydrogens (tertiary/aromatic N) is 4. The molecular weight excluding hydrogens is 230 g/mol. The van der Waals surface area contributed by atoms with Crippen molar-refractivity contribution in [1.29, 1.82) is 0 Å². The van der Waals surface area contributed by atoms with Crippen LogP contribution in [0.3, 0.4) is 0 Å². The third-order valence-electron chi connectivity index (χ3n) is 3.44. The molecule has 2 N–H and O–H groups in total. The van der Waals surface area contributed by atoms with Crippen LogP contribution in [-0.4, -0.2) is 38.7 Å². The van der Waals surface area contributed by atoms with Crippen molar-refractivity contribution in [3.63, 3.8) is 0 Å². The van der Waals surface area contributed by atoms with E-state index in [1.807, 2.05) is 13.8 Å². The van der Waals surface area contributed by atoms with Crippen molar-refractivity contribution in [1.82, 2.24) is 19.7 Å². The molecule has 1 aliphatic heterocycles. The zero-order chi connectivity index (χ0) is 13.3. The van der Waals surface area contributed by atoms with Gasteiger partial charge in [-0.1, -0.05) is 13.8 Å². The summed E-state index contributed by atoms with van der Waals surface area (Å²) >= 11 is 0. The second-order valence-corrected chi connectivity index (χ2v) is 5.25. The number of carbonyl (C=O) groups excluding carboxylic acids is 1. The van der Waals surface area contributed by atoms with Crippen LogP contribution in [0.25, 0.3) is 0 Å². The van der Waals surface area contributed by atoms with Crippen LogP contribution in [0.1, 0.15) is 31.9 Å². The van der Waals surface area contributed by atoms with Crippen LogP contribution >= 0.6 is 0 Å². The third-order valence-corrected chi connectivity index (χ3v) is 3.44. The number of amides is 1. The van der Waals surface area contributed by atoms with Crippen molar-refractivity contribution in [3.8, 4) is 0 Å². The molecule has 1 aliphatic rings. The van der Waals surface area contributed by atoms with Gasteiger partial charge >= 0.3 is 0 Å². The zero-order valence-electron chi connectivity index (χ0n) is 11.3. The molecule has 1 amide bonds. The standard InChI is InChI=1S/C12H21N5O/c1-8(2)11(13)12(18)16(3)7-10-15-14-9-5-4-6-17(9)10/h8,11H,4-7,13H2,1-3H3. The number of aryl methyl sites for hydroxylation is 1. The highest BCUT2D eigenvalue weighted by Gasteiger charge is 2.24. The minimum atomic E-state index is -0.448. The first-order chi connectivity index (χ1) is 8.50. The SMILES string of the molecule is CC(C)C(N)C(=O)N(C)Cc1nnc2n1CCC2. The van der Waals surface area contributed by atoms with E-state index in [0.29, 0.717) is 6.54 Å². The van der Waals surface area contributed by atoms with Gasteiger partial charge in [0.25, 0.3) is 0 Å². The summed E-state index contributed by atoms with van der Waals surface area (Å²) in [5.74, 6) is 1.98. The van der Waals surface area contributed by atoms with Gasteiger partial charge in [-0.25, -0.2) is 0 Å². The topological polar surface area (TPSA) is 77.0 Å². The lowest BCUT2D eigenvalue weighted by Crippen LogP contribution is -2.44. The molecule has 1 atom stereocenters. The molecule has 6 nitrogen and oxygen atoms in total. The maximum absolute atomic E-state index is 12.1. The summed E-state index contributed by atoms with van der Waals surface area (Å²) in [6, 6.07) is -0.448. The summed E-state index contributed by atoms with van der Waals surface area (Å²) in [5.41, 5.74) is 5.87. The minimum absolute atomic E-state index is 0.0413. The highest BCUT2D eigenvalue weighted by molar-refractivity contribution is 5.81. The van der Waals surface area contributed by atoms with Gasteiger partial charge in [-0.05, 0) is 12.3 Å². The van der Waals surface area contributed by atoms with E-state index in [1.165, 1.54) is 0 Å². The van der Waals surface area contributed by atoms with Crippen molar-refractivity contribution in [3.05, 3.63) is 11.6 Å². The quantitative estimate of drug-likeness (QED) is 0.827. The normalized spacial score (nSPS) is 15.8. The Hall–Kier alpha value is -1.43. The molecule has 100 valence electrons. The van der Waals surface area contributed by atoms with Crippen molar-refractivity contribution < 1.29 is 4.79 Å². The van der Waals surface area contributed by atoms with E-state index >= 15 is 0 Å². The summed E-state index contributed by atoms with van der Waals surface area (Å²) in [6.07, 6.45) is 2.09. The number of nitrogens with two attached hydrogens (primary N) is 1. The lowest BCUT2D eigenvalue weighted by molar-refractivity contribution is -0.132. The molecule has 6 heteroatoms. The van der Waals surface area contributed by atoms with Crippen molar-refractivity contribution in [2.75, 3.05) is 7.05 Å². The Morgan fingerprint density at radius 1 is 1.50 bits per heavy atom. The Kier molecular flexibility index (Phi) is 3.65. The van der Waals surface area contributed by atoms with Gasteiger partial charge in [0.05, 0.1) is 12.6 Å². The molecule has 0 saturated carbocycles. The first-order valence-electron chi connectivity index (χ1n) is 6.42.